The van der Waals surface area contributed by atoms with Gasteiger partial charge in [0.25, 0.3) is 11.8 Å². The van der Waals surface area contributed by atoms with E-state index in [9.17, 15) is 9.59 Å². The van der Waals surface area contributed by atoms with Crippen molar-refractivity contribution >= 4 is 35.2 Å². The van der Waals surface area contributed by atoms with Crippen molar-refractivity contribution < 1.29 is 14.3 Å². The molecule has 2 amide bonds. The minimum Gasteiger partial charge on any atom is -0.449 e. The lowest BCUT2D eigenvalue weighted by atomic mass is 10.1. The molecule has 0 saturated heterocycles. The summed E-state index contributed by atoms with van der Waals surface area (Å²) in [5, 5.41) is 6.26. The van der Waals surface area contributed by atoms with Gasteiger partial charge < -0.3 is 15.4 Å². The van der Waals surface area contributed by atoms with Crippen molar-refractivity contribution in [1.82, 2.24) is 5.32 Å². The number of benzene rings is 2. The Hall–Kier alpha value is -2.79. The summed E-state index contributed by atoms with van der Waals surface area (Å²) < 4.78 is 5.69. The molecule has 0 bridgehead atoms. The molecular weight excluding hydrogens is 340 g/mol. The van der Waals surface area contributed by atoms with Crippen LogP contribution < -0.4 is 15.4 Å². The van der Waals surface area contributed by atoms with E-state index >= 15 is 0 Å². The van der Waals surface area contributed by atoms with Crippen molar-refractivity contribution in [2.45, 2.75) is 18.9 Å². The van der Waals surface area contributed by atoms with Gasteiger partial charge in [0, 0.05) is 16.6 Å². The number of carbonyl (C=O) groups excluding carboxylic acids is 2. The number of carbonyl (C=O) groups is 2. The zero-order valence-electron chi connectivity index (χ0n) is 13.2. The number of halogens is 1. The largest absolute Gasteiger partial charge is 0.449 e. The van der Waals surface area contributed by atoms with Gasteiger partial charge in [-0.15, -0.1) is 0 Å². The van der Waals surface area contributed by atoms with Crippen molar-refractivity contribution in [1.29, 1.82) is 0 Å². The normalized spacial score (nSPS) is 17.5. The molecule has 2 aromatic rings. The van der Waals surface area contributed by atoms with E-state index in [-0.39, 0.29) is 23.6 Å². The Morgan fingerprint density at radius 1 is 1.24 bits per heavy atom. The lowest BCUT2D eigenvalue weighted by Crippen LogP contribution is -2.27. The van der Waals surface area contributed by atoms with Crippen LogP contribution in [-0.2, 0) is 4.79 Å². The first-order valence-electron chi connectivity index (χ1n) is 8.00. The van der Waals surface area contributed by atoms with E-state index < -0.39 is 0 Å². The number of nitrogens with one attached hydrogen (secondary N) is 2. The van der Waals surface area contributed by atoms with Gasteiger partial charge in [-0.1, -0.05) is 23.7 Å². The molecule has 0 unspecified atom stereocenters. The molecule has 1 heterocycles. The summed E-state index contributed by atoms with van der Waals surface area (Å²) in [7, 11) is 0. The SMILES string of the molecule is O=C1Nc2cc(C(=O)NC3CC3)ccc2OC1=Cc1cccc(Cl)c1. The minimum absolute atomic E-state index is 0.139. The fraction of sp³-hybridized carbons (Fsp3) is 0.158. The van der Waals surface area contributed by atoms with Gasteiger partial charge in [0.2, 0.25) is 0 Å². The van der Waals surface area contributed by atoms with E-state index in [1.165, 1.54) is 0 Å². The summed E-state index contributed by atoms with van der Waals surface area (Å²) in [5.74, 6) is 0.160. The quantitative estimate of drug-likeness (QED) is 0.827. The minimum atomic E-state index is -0.368. The van der Waals surface area contributed by atoms with Gasteiger partial charge in [0.05, 0.1) is 5.69 Å². The number of amides is 2. The summed E-state index contributed by atoms with van der Waals surface area (Å²) in [6.45, 7) is 0. The highest BCUT2D eigenvalue weighted by molar-refractivity contribution is 6.30. The maximum atomic E-state index is 12.3. The van der Waals surface area contributed by atoms with Gasteiger partial charge in [-0.3, -0.25) is 9.59 Å². The second kappa shape index (κ2) is 6.26. The molecule has 1 aliphatic carbocycles. The summed E-state index contributed by atoms with van der Waals surface area (Å²) in [6.07, 6.45) is 3.67. The molecule has 0 radical (unpaired) electrons. The smallest absolute Gasteiger partial charge is 0.291 e. The fourth-order valence-electron chi connectivity index (χ4n) is 2.55. The number of ether oxygens (including phenoxy) is 1. The summed E-state index contributed by atoms with van der Waals surface area (Å²) in [4.78, 5) is 24.4. The molecule has 0 atom stereocenters. The molecule has 5 nitrogen and oxygen atoms in total. The Morgan fingerprint density at radius 3 is 2.84 bits per heavy atom. The molecule has 2 aromatic carbocycles. The maximum Gasteiger partial charge on any atom is 0.291 e. The third-order valence-corrected chi connectivity index (χ3v) is 4.23. The summed E-state index contributed by atoms with van der Waals surface area (Å²) >= 11 is 5.96. The van der Waals surface area contributed by atoms with Crippen molar-refractivity contribution in [2.75, 3.05) is 5.32 Å². The Labute approximate surface area is 149 Å². The predicted octanol–water partition coefficient (Wildman–Crippen LogP) is 3.60. The van der Waals surface area contributed by atoms with Gasteiger partial charge >= 0.3 is 0 Å². The maximum absolute atomic E-state index is 12.3. The average molecular weight is 355 g/mol. The molecule has 0 aromatic heterocycles. The molecule has 0 spiro atoms. The first kappa shape index (κ1) is 15.7. The van der Waals surface area contributed by atoms with Crippen LogP contribution in [0.4, 0.5) is 5.69 Å². The van der Waals surface area contributed by atoms with Gasteiger partial charge in [-0.05, 0) is 54.8 Å². The Bertz CT molecular complexity index is 903. The highest BCUT2D eigenvalue weighted by Gasteiger charge is 2.26. The molecule has 1 saturated carbocycles. The van der Waals surface area contributed by atoms with Crippen LogP contribution in [0.15, 0.2) is 48.2 Å². The lowest BCUT2D eigenvalue weighted by molar-refractivity contribution is -0.115. The van der Waals surface area contributed by atoms with E-state index in [1.807, 2.05) is 6.07 Å². The van der Waals surface area contributed by atoms with E-state index in [1.54, 1.807) is 42.5 Å². The predicted molar refractivity (Wildman–Crippen MR) is 95.6 cm³/mol. The van der Waals surface area contributed by atoms with E-state index in [0.29, 0.717) is 22.0 Å². The van der Waals surface area contributed by atoms with Gasteiger partial charge in [0.15, 0.2) is 11.5 Å². The zero-order chi connectivity index (χ0) is 17.4. The lowest BCUT2D eigenvalue weighted by Gasteiger charge is -2.20. The van der Waals surface area contributed by atoms with Gasteiger partial charge in [0.1, 0.15) is 0 Å². The average Bonchev–Trinajstić information content (AvgIpc) is 3.39. The second-order valence-corrected chi connectivity index (χ2v) is 6.51. The van der Waals surface area contributed by atoms with Gasteiger partial charge in [-0.2, -0.15) is 0 Å². The first-order chi connectivity index (χ1) is 12.1. The number of hydrogen-bond donors (Lipinski definition) is 2. The van der Waals surface area contributed by atoms with Crippen molar-refractivity contribution in [2.24, 2.45) is 0 Å². The van der Waals surface area contributed by atoms with Crippen molar-refractivity contribution in [3.63, 3.8) is 0 Å². The summed E-state index contributed by atoms with van der Waals surface area (Å²) in [5.41, 5.74) is 1.75. The highest BCUT2D eigenvalue weighted by atomic mass is 35.5. The molecule has 2 aliphatic rings. The van der Waals surface area contributed by atoms with E-state index in [2.05, 4.69) is 10.6 Å². The highest BCUT2D eigenvalue weighted by Crippen LogP contribution is 2.32. The second-order valence-electron chi connectivity index (χ2n) is 6.08. The third-order valence-electron chi connectivity index (χ3n) is 3.99. The van der Waals surface area contributed by atoms with Crippen LogP contribution in [0, 0.1) is 0 Å². The molecule has 1 fully saturated rings. The number of fused-ring (bicyclic) bond motifs is 1. The van der Waals surface area contributed by atoms with Crippen LogP contribution in [-0.4, -0.2) is 17.9 Å². The van der Waals surface area contributed by atoms with Crippen LogP contribution >= 0.6 is 11.6 Å². The molecular formula is C19H15ClN2O3. The number of hydrogen-bond acceptors (Lipinski definition) is 3. The molecule has 2 N–H and O–H groups in total. The summed E-state index contributed by atoms with van der Waals surface area (Å²) in [6, 6.07) is 12.4. The topological polar surface area (TPSA) is 67.4 Å². The molecule has 126 valence electrons. The van der Waals surface area contributed by atoms with Crippen molar-refractivity contribution in [3.05, 3.63) is 64.4 Å². The zero-order valence-corrected chi connectivity index (χ0v) is 14.0. The standard InChI is InChI=1S/C19H15ClN2O3/c20-13-3-1-2-11(8-13)9-17-19(24)22-15-10-12(4-7-16(15)25-17)18(23)21-14-5-6-14/h1-4,7-10,14H,5-6H2,(H,21,23)(H,22,24). The molecule has 1 aliphatic heterocycles. The van der Waals surface area contributed by atoms with Crippen LogP contribution in [0.25, 0.3) is 6.08 Å². The van der Waals surface area contributed by atoms with Crippen LogP contribution in [0.3, 0.4) is 0 Å². The fourth-order valence-corrected chi connectivity index (χ4v) is 2.74. The van der Waals surface area contributed by atoms with Crippen LogP contribution in [0.1, 0.15) is 28.8 Å². The molecule has 25 heavy (non-hydrogen) atoms. The van der Waals surface area contributed by atoms with Crippen LogP contribution in [0.2, 0.25) is 5.02 Å². The monoisotopic (exact) mass is 354 g/mol. The number of anilines is 1. The van der Waals surface area contributed by atoms with E-state index in [4.69, 9.17) is 16.3 Å². The number of rotatable bonds is 3. The first-order valence-corrected chi connectivity index (χ1v) is 8.38. The Kier molecular flexibility index (Phi) is 3.93. The van der Waals surface area contributed by atoms with Crippen molar-refractivity contribution in [3.8, 4) is 5.75 Å². The Morgan fingerprint density at radius 2 is 2.08 bits per heavy atom. The van der Waals surface area contributed by atoms with Crippen LogP contribution in [0.5, 0.6) is 5.75 Å². The van der Waals surface area contributed by atoms with Gasteiger partial charge in [-0.25, -0.2) is 0 Å². The molecule has 4 rings (SSSR count). The third kappa shape index (κ3) is 3.51. The molecule has 6 heteroatoms. The Balaban J connectivity index is 1.58. The van der Waals surface area contributed by atoms with E-state index in [0.717, 1.165) is 18.4 Å².